The van der Waals surface area contributed by atoms with Crippen LogP contribution in [-0.4, -0.2) is 14.7 Å². The minimum atomic E-state index is -1.18. The molecule has 1 aromatic rings. The first-order chi connectivity index (χ1) is 10.3. The van der Waals surface area contributed by atoms with E-state index >= 15 is 0 Å². The largest absolute Gasteiger partial charge is 0.295 e. The van der Waals surface area contributed by atoms with Crippen molar-refractivity contribution >= 4 is 16.8 Å². The number of benzene rings is 1. The van der Waals surface area contributed by atoms with E-state index in [-0.39, 0.29) is 16.6 Å². The van der Waals surface area contributed by atoms with Crippen molar-refractivity contribution in [3.63, 3.8) is 0 Å². The zero-order chi connectivity index (χ0) is 16.8. The third kappa shape index (κ3) is 5.85. The number of unbranched alkanes of at least 4 members (excludes halogenated alkanes) is 1. The maximum Gasteiger partial charge on any atom is 0.159 e. The van der Waals surface area contributed by atoms with Gasteiger partial charge in [0.25, 0.3) is 0 Å². The Hall–Kier alpha value is -1.26. The smallest absolute Gasteiger partial charge is 0.159 e. The Balaban J connectivity index is 3.07. The van der Waals surface area contributed by atoms with Gasteiger partial charge in [0.15, 0.2) is 5.78 Å². The van der Waals surface area contributed by atoms with Crippen LogP contribution >= 0.6 is 0 Å². The molecule has 0 bridgehead atoms. The molecule has 1 aromatic carbocycles. The standard InChI is InChI=1S/C18H27NO2S/c1-6-7-8-12-17(19-22(21)18(3,4)5)16-11-9-10-15(13-16)14(2)20/h8-13,17,19H,6-7H2,1-5H3/b12-8+/t17-,22?/m1/s1. The first-order valence-corrected chi connectivity index (χ1v) is 8.86. The number of rotatable bonds is 7. The van der Waals surface area contributed by atoms with Crippen LogP contribution < -0.4 is 4.72 Å². The Morgan fingerprint density at radius 1 is 1.36 bits per heavy atom. The van der Waals surface area contributed by atoms with Crippen molar-refractivity contribution in [2.24, 2.45) is 0 Å². The first-order valence-electron chi connectivity index (χ1n) is 7.71. The lowest BCUT2D eigenvalue weighted by Gasteiger charge is -2.23. The van der Waals surface area contributed by atoms with Crippen molar-refractivity contribution in [2.75, 3.05) is 0 Å². The SMILES string of the molecule is CCC/C=C/[C@@H](NS(=O)C(C)(C)C)c1cccc(C(C)=O)c1. The van der Waals surface area contributed by atoms with Gasteiger partial charge in [-0.05, 0) is 45.7 Å². The normalized spacial score (nSPS) is 15.0. The van der Waals surface area contributed by atoms with Crippen LogP contribution in [0.1, 0.15) is 69.4 Å². The molecule has 0 saturated carbocycles. The summed E-state index contributed by atoms with van der Waals surface area (Å²) in [4.78, 5) is 11.6. The lowest BCUT2D eigenvalue weighted by atomic mass is 10.0. The van der Waals surface area contributed by atoms with Gasteiger partial charge in [0.1, 0.15) is 0 Å². The fourth-order valence-electron chi connectivity index (χ4n) is 1.86. The van der Waals surface area contributed by atoms with Crippen molar-refractivity contribution < 1.29 is 9.00 Å². The van der Waals surface area contributed by atoms with Gasteiger partial charge in [-0.2, -0.15) is 0 Å². The number of allylic oxidation sites excluding steroid dienone is 1. The zero-order valence-corrected chi connectivity index (χ0v) is 15.0. The lowest BCUT2D eigenvalue weighted by Crippen LogP contribution is -2.35. The highest BCUT2D eigenvalue weighted by Crippen LogP contribution is 2.20. The minimum absolute atomic E-state index is 0.0371. The quantitative estimate of drug-likeness (QED) is 0.600. The van der Waals surface area contributed by atoms with Crippen LogP contribution in [0.15, 0.2) is 36.4 Å². The zero-order valence-electron chi connectivity index (χ0n) is 14.2. The predicted octanol–water partition coefficient (Wildman–Crippen LogP) is 4.34. The van der Waals surface area contributed by atoms with Crippen LogP contribution in [0.5, 0.6) is 0 Å². The van der Waals surface area contributed by atoms with E-state index in [4.69, 9.17) is 0 Å². The Bertz CT molecular complexity index is 558. The Morgan fingerprint density at radius 2 is 2.05 bits per heavy atom. The Morgan fingerprint density at radius 3 is 2.59 bits per heavy atom. The molecule has 1 unspecified atom stereocenters. The molecule has 0 spiro atoms. The van der Waals surface area contributed by atoms with Gasteiger partial charge in [-0.15, -0.1) is 0 Å². The Labute approximate surface area is 136 Å². The highest BCUT2D eigenvalue weighted by molar-refractivity contribution is 7.84. The summed E-state index contributed by atoms with van der Waals surface area (Å²) in [5.41, 5.74) is 1.63. The van der Waals surface area contributed by atoms with E-state index in [1.54, 1.807) is 13.0 Å². The molecule has 0 heterocycles. The topological polar surface area (TPSA) is 46.2 Å². The van der Waals surface area contributed by atoms with Crippen LogP contribution in [0.25, 0.3) is 0 Å². The molecular weight excluding hydrogens is 294 g/mol. The molecular formula is C18H27NO2S. The van der Waals surface area contributed by atoms with Gasteiger partial charge in [0.2, 0.25) is 0 Å². The second-order valence-corrected chi connectivity index (χ2v) is 8.37. The third-order valence-corrected chi connectivity index (χ3v) is 4.81. The van der Waals surface area contributed by atoms with Crippen molar-refractivity contribution in [3.8, 4) is 0 Å². The molecule has 0 aliphatic rings. The molecule has 0 fully saturated rings. The van der Waals surface area contributed by atoms with Gasteiger partial charge in [0, 0.05) is 5.56 Å². The van der Waals surface area contributed by atoms with Crippen LogP contribution in [0, 0.1) is 0 Å². The average molecular weight is 321 g/mol. The van der Waals surface area contributed by atoms with Gasteiger partial charge >= 0.3 is 0 Å². The van der Waals surface area contributed by atoms with Crippen LogP contribution in [-0.2, 0) is 11.0 Å². The molecule has 0 aliphatic heterocycles. The van der Waals surface area contributed by atoms with E-state index in [0.29, 0.717) is 5.56 Å². The van der Waals surface area contributed by atoms with Crippen LogP contribution in [0.4, 0.5) is 0 Å². The van der Waals surface area contributed by atoms with E-state index in [0.717, 1.165) is 18.4 Å². The third-order valence-electron chi connectivity index (χ3n) is 3.23. The molecule has 0 amide bonds. The summed E-state index contributed by atoms with van der Waals surface area (Å²) in [5, 5.41) is 0. The van der Waals surface area contributed by atoms with E-state index in [2.05, 4.69) is 17.7 Å². The summed E-state index contributed by atoms with van der Waals surface area (Å²) in [5.74, 6) is 0.0371. The van der Waals surface area contributed by atoms with Crippen molar-refractivity contribution in [2.45, 2.75) is 58.2 Å². The Kier molecular flexibility index (Phi) is 7.17. The maximum absolute atomic E-state index is 12.4. The molecule has 1 N–H and O–H groups in total. The second-order valence-electron chi connectivity index (χ2n) is 6.38. The minimum Gasteiger partial charge on any atom is -0.295 e. The molecule has 122 valence electrons. The number of ketones is 1. The number of carbonyl (C=O) groups is 1. The second kappa shape index (κ2) is 8.39. The van der Waals surface area contributed by atoms with Crippen LogP contribution in [0.2, 0.25) is 0 Å². The lowest BCUT2D eigenvalue weighted by molar-refractivity contribution is 0.101. The number of nitrogens with one attached hydrogen (secondary N) is 1. The van der Waals surface area contributed by atoms with Crippen molar-refractivity contribution in [1.29, 1.82) is 0 Å². The molecule has 22 heavy (non-hydrogen) atoms. The summed E-state index contributed by atoms with van der Waals surface area (Å²) < 4.78 is 15.2. The highest BCUT2D eigenvalue weighted by Gasteiger charge is 2.22. The average Bonchev–Trinajstić information content (AvgIpc) is 2.45. The van der Waals surface area contributed by atoms with Crippen LogP contribution in [0.3, 0.4) is 0 Å². The summed E-state index contributed by atoms with van der Waals surface area (Å²) in [6.45, 7) is 9.50. The number of Topliss-reactive ketones (excluding diaryl/α,β-unsaturated/α-hetero) is 1. The molecule has 0 radical (unpaired) electrons. The summed E-state index contributed by atoms with van der Waals surface area (Å²) in [7, 11) is -1.18. The van der Waals surface area contributed by atoms with Crippen molar-refractivity contribution in [3.05, 3.63) is 47.5 Å². The summed E-state index contributed by atoms with van der Waals surface area (Å²) >= 11 is 0. The highest BCUT2D eigenvalue weighted by atomic mass is 32.2. The number of carbonyl (C=O) groups excluding carboxylic acids is 1. The molecule has 4 heteroatoms. The van der Waals surface area contributed by atoms with Gasteiger partial charge in [-0.25, -0.2) is 8.93 Å². The number of hydrogen-bond donors (Lipinski definition) is 1. The summed E-state index contributed by atoms with van der Waals surface area (Å²) in [6, 6.07) is 7.34. The van der Waals surface area contributed by atoms with E-state index in [9.17, 15) is 9.00 Å². The fourth-order valence-corrected chi connectivity index (χ4v) is 2.66. The maximum atomic E-state index is 12.4. The molecule has 0 aliphatic carbocycles. The molecule has 0 saturated heterocycles. The fraction of sp³-hybridized carbons (Fsp3) is 0.500. The monoisotopic (exact) mass is 321 g/mol. The number of hydrogen-bond acceptors (Lipinski definition) is 2. The first kappa shape index (κ1) is 18.8. The van der Waals surface area contributed by atoms with E-state index in [1.807, 2.05) is 45.0 Å². The molecule has 3 nitrogen and oxygen atoms in total. The van der Waals surface area contributed by atoms with E-state index in [1.165, 1.54) is 0 Å². The summed E-state index contributed by atoms with van der Waals surface area (Å²) in [6.07, 6.45) is 6.18. The van der Waals surface area contributed by atoms with E-state index < -0.39 is 11.0 Å². The molecule has 1 rings (SSSR count). The predicted molar refractivity (Wildman–Crippen MR) is 94.3 cm³/mol. The van der Waals surface area contributed by atoms with Gasteiger partial charge < -0.3 is 0 Å². The van der Waals surface area contributed by atoms with Crippen molar-refractivity contribution in [1.82, 2.24) is 4.72 Å². The van der Waals surface area contributed by atoms with Gasteiger partial charge in [-0.1, -0.05) is 43.7 Å². The van der Waals surface area contributed by atoms with Gasteiger partial charge in [-0.3, -0.25) is 4.79 Å². The van der Waals surface area contributed by atoms with Gasteiger partial charge in [0.05, 0.1) is 21.8 Å². The molecule has 2 atom stereocenters. The molecule has 0 aromatic heterocycles.